The Morgan fingerprint density at radius 2 is 1.60 bits per heavy atom. The first-order valence-corrected chi connectivity index (χ1v) is 8.51. The number of nitrogens with zero attached hydrogens (tertiary/aromatic N) is 2. The SMILES string of the molecule is COc1ccc(-c2cc(/C=C/c3ccc([N+](=O)[O-])cc3)[n+](C)o2)cc1.F[B-](F)(F)F. The fraction of sp³-hybridized carbons (Fsp3) is 0.105. The van der Waals surface area contributed by atoms with Crippen LogP contribution in [-0.2, 0) is 7.05 Å². The molecule has 3 rings (SSSR count). The fourth-order valence-corrected chi connectivity index (χ4v) is 2.38. The number of benzene rings is 2. The van der Waals surface area contributed by atoms with Gasteiger partial charge in [0.05, 0.1) is 18.1 Å². The topological polar surface area (TPSA) is 69.4 Å². The van der Waals surface area contributed by atoms with Gasteiger partial charge in [0.15, 0.2) is 7.05 Å². The van der Waals surface area contributed by atoms with Crippen LogP contribution in [0.25, 0.3) is 23.5 Å². The Labute approximate surface area is 169 Å². The van der Waals surface area contributed by atoms with E-state index in [1.54, 1.807) is 24.0 Å². The Hall–Kier alpha value is -3.63. The third kappa shape index (κ3) is 7.08. The van der Waals surface area contributed by atoms with Crippen LogP contribution in [0.4, 0.5) is 23.0 Å². The number of halogens is 4. The summed E-state index contributed by atoms with van der Waals surface area (Å²) in [5.41, 5.74) is 2.78. The third-order valence-electron chi connectivity index (χ3n) is 3.80. The molecule has 0 aliphatic rings. The minimum Gasteiger partial charge on any atom is -0.497 e. The summed E-state index contributed by atoms with van der Waals surface area (Å²) in [5, 5.41) is 10.7. The first kappa shape index (κ1) is 22.7. The predicted octanol–water partition coefficient (Wildman–Crippen LogP) is 5.16. The van der Waals surface area contributed by atoms with Crippen LogP contribution in [-0.4, -0.2) is 19.3 Å². The van der Waals surface area contributed by atoms with Gasteiger partial charge in [-0.3, -0.25) is 10.1 Å². The lowest BCUT2D eigenvalue weighted by Crippen LogP contribution is -2.27. The molecule has 0 spiro atoms. The van der Waals surface area contributed by atoms with Crippen molar-refractivity contribution in [1.82, 2.24) is 0 Å². The number of aromatic nitrogens is 1. The van der Waals surface area contributed by atoms with Crippen LogP contribution in [0.1, 0.15) is 11.3 Å². The molecule has 3 aromatic rings. The van der Waals surface area contributed by atoms with Gasteiger partial charge in [-0.05, 0) is 52.8 Å². The number of nitro groups is 1. The summed E-state index contributed by atoms with van der Waals surface area (Å²) in [7, 11) is -2.55. The average molecular weight is 424 g/mol. The third-order valence-corrected chi connectivity index (χ3v) is 3.80. The standard InChI is InChI=1S/C19H17N2O4.BF4/c1-20-17(10-5-14-3-8-16(9-4-14)21(22)23)13-19(25-20)15-6-11-18(24-2)12-7-15;2-1(3,4)5/h3-13H,1-2H3;/q+1;-1/b10-5+;. The van der Waals surface area contributed by atoms with Gasteiger partial charge in [0.25, 0.3) is 11.4 Å². The second-order valence-corrected chi connectivity index (χ2v) is 5.93. The molecule has 11 heteroatoms. The van der Waals surface area contributed by atoms with E-state index in [0.717, 1.165) is 28.3 Å². The zero-order valence-electron chi connectivity index (χ0n) is 16.0. The van der Waals surface area contributed by atoms with Crippen LogP contribution in [0.3, 0.4) is 0 Å². The zero-order chi connectivity index (χ0) is 22.3. The molecule has 2 aromatic carbocycles. The molecule has 30 heavy (non-hydrogen) atoms. The van der Waals surface area contributed by atoms with Crippen LogP contribution in [0.15, 0.2) is 59.1 Å². The molecule has 0 atom stereocenters. The number of methoxy groups -OCH3 is 1. The molecule has 0 N–H and O–H groups in total. The number of ether oxygens (including phenoxy) is 1. The minimum absolute atomic E-state index is 0.0767. The Bertz CT molecular complexity index is 1010. The van der Waals surface area contributed by atoms with Crippen molar-refractivity contribution in [2.24, 2.45) is 7.05 Å². The summed E-state index contributed by atoms with van der Waals surface area (Å²) in [6.45, 7) is 0. The van der Waals surface area contributed by atoms with E-state index in [1.807, 2.05) is 49.5 Å². The monoisotopic (exact) mass is 424 g/mol. The lowest BCUT2D eigenvalue weighted by molar-refractivity contribution is -0.844. The van der Waals surface area contributed by atoms with Gasteiger partial charge in [0.2, 0.25) is 5.76 Å². The van der Waals surface area contributed by atoms with Gasteiger partial charge in [-0.25, -0.2) is 4.52 Å². The van der Waals surface area contributed by atoms with E-state index >= 15 is 0 Å². The Balaban J connectivity index is 0.000000575. The van der Waals surface area contributed by atoms with E-state index in [9.17, 15) is 27.4 Å². The number of non-ortho nitro benzene ring substituents is 1. The van der Waals surface area contributed by atoms with Crippen LogP contribution < -0.4 is 9.48 Å². The molecule has 0 aliphatic carbocycles. The van der Waals surface area contributed by atoms with Crippen molar-refractivity contribution in [1.29, 1.82) is 0 Å². The van der Waals surface area contributed by atoms with Crippen LogP contribution in [0.5, 0.6) is 5.75 Å². The van der Waals surface area contributed by atoms with Gasteiger partial charge in [-0.1, -0.05) is 0 Å². The van der Waals surface area contributed by atoms with Gasteiger partial charge in [-0.15, -0.1) is 0 Å². The predicted molar refractivity (Wildman–Crippen MR) is 104 cm³/mol. The molecular formula is C19H17BF4N2O4. The quantitative estimate of drug-likeness (QED) is 0.187. The summed E-state index contributed by atoms with van der Waals surface area (Å²) >= 11 is 0. The van der Waals surface area contributed by atoms with Crippen molar-refractivity contribution in [3.63, 3.8) is 0 Å². The van der Waals surface area contributed by atoms with Crippen molar-refractivity contribution >= 4 is 25.1 Å². The first-order chi connectivity index (χ1) is 14.1. The molecule has 1 aromatic heterocycles. The maximum atomic E-state index is 10.7. The van der Waals surface area contributed by atoms with Crippen LogP contribution in [0.2, 0.25) is 0 Å². The number of hydrogen-bond acceptors (Lipinski definition) is 4. The van der Waals surface area contributed by atoms with E-state index < -0.39 is 12.2 Å². The second-order valence-electron chi connectivity index (χ2n) is 5.93. The highest BCUT2D eigenvalue weighted by molar-refractivity contribution is 6.50. The lowest BCUT2D eigenvalue weighted by atomic mass is 10.1. The molecule has 0 fully saturated rings. The zero-order valence-corrected chi connectivity index (χ0v) is 16.0. The van der Waals surface area contributed by atoms with E-state index in [4.69, 9.17) is 9.26 Å². The first-order valence-electron chi connectivity index (χ1n) is 8.51. The van der Waals surface area contributed by atoms with Crippen molar-refractivity contribution in [3.05, 3.63) is 76.0 Å². The molecule has 0 radical (unpaired) electrons. The highest BCUT2D eigenvalue weighted by Gasteiger charge is 2.20. The number of aryl methyl sites for hydroxylation is 1. The smallest absolute Gasteiger partial charge is 0.497 e. The summed E-state index contributed by atoms with van der Waals surface area (Å²) in [6.07, 6.45) is 3.78. The molecule has 158 valence electrons. The van der Waals surface area contributed by atoms with Crippen molar-refractivity contribution < 1.29 is 36.2 Å². The Morgan fingerprint density at radius 3 is 2.10 bits per heavy atom. The van der Waals surface area contributed by atoms with Gasteiger partial charge in [0, 0.05) is 23.8 Å². The largest absolute Gasteiger partial charge is 0.673 e. The van der Waals surface area contributed by atoms with Crippen LogP contribution in [0, 0.1) is 10.1 Å². The van der Waals surface area contributed by atoms with Gasteiger partial charge in [0.1, 0.15) is 5.75 Å². The number of hydrogen-bond donors (Lipinski definition) is 0. The normalized spacial score (nSPS) is 11.1. The molecule has 6 nitrogen and oxygen atoms in total. The number of rotatable bonds is 5. The second kappa shape index (κ2) is 9.72. The minimum atomic E-state index is -6.00. The lowest BCUT2D eigenvalue weighted by Gasteiger charge is -1.98. The van der Waals surface area contributed by atoms with Crippen molar-refractivity contribution in [3.8, 4) is 17.1 Å². The van der Waals surface area contributed by atoms with E-state index in [1.165, 1.54) is 12.1 Å². The van der Waals surface area contributed by atoms with Crippen molar-refractivity contribution in [2.45, 2.75) is 0 Å². The summed E-state index contributed by atoms with van der Waals surface area (Å²) in [5.74, 6) is 1.53. The average Bonchev–Trinajstić information content (AvgIpc) is 3.06. The molecule has 0 saturated heterocycles. The summed E-state index contributed by atoms with van der Waals surface area (Å²) < 4.78 is 51.6. The Kier molecular flexibility index (Phi) is 7.35. The molecule has 0 unspecified atom stereocenters. The van der Waals surface area contributed by atoms with E-state index in [0.29, 0.717) is 0 Å². The molecule has 0 bridgehead atoms. The van der Waals surface area contributed by atoms with E-state index in [-0.39, 0.29) is 5.69 Å². The fourth-order valence-electron chi connectivity index (χ4n) is 2.38. The van der Waals surface area contributed by atoms with E-state index in [2.05, 4.69) is 0 Å². The van der Waals surface area contributed by atoms with Gasteiger partial charge >= 0.3 is 7.25 Å². The maximum Gasteiger partial charge on any atom is 0.673 e. The van der Waals surface area contributed by atoms with Crippen LogP contribution >= 0.6 is 0 Å². The molecular weight excluding hydrogens is 407 g/mol. The highest BCUT2D eigenvalue weighted by atomic mass is 19.5. The molecule has 0 saturated carbocycles. The van der Waals surface area contributed by atoms with Gasteiger partial charge < -0.3 is 22.0 Å². The molecule has 1 heterocycles. The summed E-state index contributed by atoms with van der Waals surface area (Å²) in [4.78, 5) is 10.3. The maximum absolute atomic E-state index is 10.7. The molecule has 0 aliphatic heterocycles. The highest BCUT2D eigenvalue weighted by Crippen LogP contribution is 2.23. The van der Waals surface area contributed by atoms with Crippen molar-refractivity contribution in [2.75, 3.05) is 7.11 Å². The molecule has 0 amide bonds. The summed E-state index contributed by atoms with van der Waals surface area (Å²) in [6, 6.07) is 15.9. The number of nitro benzene ring substituents is 1. The van der Waals surface area contributed by atoms with Gasteiger partial charge in [-0.2, -0.15) is 0 Å². The Morgan fingerprint density at radius 1 is 1.03 bits per heavy atom.